The monoisotopic (exact) mass is 342 g/mol. The number of hydrogen-bond donors (Lipinski definition) is 1. The first kappa shape index (κ1) is 16.0. The van der Waals surface area contributed by atoms with E-state index in [9.17, 15) is 4.79 Å². The molecule has 0 aliphatic heterocycles. The molecule has 0 spiro atoms. The van der Waals surface area contributed by atoms with Crippen LogP contribution in [-0.4, -0.2) is 20.3 Å². The van der Waals surface area contributed by atoms with E-state index in [1.54, 1.807) is 13.1 Å². The molecule has 0 fully saturated rings. The van der Waals surface area contributed by atoms with Crippen molar-refractivity contribution in [1.29, 1.82) is 0 Å². The van der Waals surface area contributed by atoms with Gasteiger partial charge in [0, 0.05) is 53.9 Å². The largest absolute Gasteiger partial charge is 0.343 e. The van der Waals surface area contributed by atoms with Gasteiger partial charge in [0.25, 0.3) is 0 Å². The van der Waals surface area contributed by atoms with Crippen molar-refractivity contribution < 1.29 is 4.79 Å². The standard InChI is InChI=1S/C21H18N4O/c1-14(26)15-5-3-7-18(9-15)24-21-11-20-17(13-23-21)10-19(25(20)2)16-6-4-8-22-12-16/h3-13H,1-2H3,(H,23,24). The number of rotatable bonds is 4. The molecule has 0 saturated heterocycles. The molecule has 1 N–H and O–H groups in total. The van der Waals surface area contributed by atoms with Crippen molar-refractivity contribution in [2.24, 2.45) is 7.05 Å². The average Bonchev–Trinajstić information content (AvgIpc) is 2.99. The highest BCUT2D eigenvalue weighted by molar-refractivity contribution is 5.95. The van der Waals surface area contributed by atoms with Crippen LogP contribution in [-0.2, 0) is 7.05 Å². The highest BCUT2D eigenvalue weighted by Gasteiger charge is 2.10. The summed E-state index contributed by atoms with van der Waals surface area (Å²) in [5.74, 6) is 0.776. The van der Waals surface area contributed by atoms with Crippen LogP contribution in [0.1, 0.15) is 17.3 Å². The number of benzene rings is 1. The number of carbonyl (C=O) groups excluding carboxylic acids is 1. The zero-order valence-corrected chi connectivity index (χ0v) is 14.6. The smallest absolute Gasteiger partial charge is 0.159 e. The Morgan fingerprint density at radius 1 is 1.08 bits per heavy atom. The molecule has 0 unspecified atom stereocenters. The third-order valence-corrected chi connectivity index (χ3v) is 4.43. The molecule has 0 atom stereocenters. The normalized spacial score (nSPS) is 10.8. The first-order valence-corrected chi connectivity index (χ1v) is 8.36. The number of nitrogens with one attached hydrogen (secondary N) is 1. The fraction of sp³-hybridized carbons (Fsp3) is 0.0952. The molecule has 1 aromatic carbocycles. The van der Waals surface area contributed by atoms with Gasteiger partial charge >= 0.3 is 0 Å². The van der Waals surface area contributed by atoms with E-state index in [0.717, 1.165) is 33.7 Å². The third-order valence-electron chi connectivity index (χ3n) is 4.43. The predicted octanol–water partition coefficient (Wildman–Crippen LogP) is 4.58. The molecule has 3 aromatic heterocycles. The van der Waals surface area contributed by atoms with Crippen molar-refractivity contribution in [2.45, 2.75) is 6.92 Å². The number of fused-ring (bicyclic) bond motifs is 1. The van der Waals surface area contributed by atoms with Gasteiger partial charge in [-0.15, -0.1) is 0 Å². The summed E-state index contributed by atoms with van der Waals surface area (Å²) < 4.78 is 2.13. The molecule has 0 aliphatic rings. The molecular weight excluding hydrogens is 324 g/mol. The van der Waals surface area contributed by atoms with Crippen LogP contribution < -0.4 is 5.32 Å². The molecule has 5 nitrogen and oxygen atoms in total. The lowest BCUT2D eigenvalue weighted by Crippen LogP contribution is -1.97. The van der Waals surface area contributed by atoms with E-state index >= 15 is 0 Å². The van der Waals surface area contributed by atoms with Crippen LogP contribution in [0.4, 0.5) is 11.5 Å². The number of aryl methyl sites for hydroxylation is 1. The number of anilines is 2. The van der Waals surface area contributed by atoms with Crippen LogP contribution in [0.5, 0.6) is 0 Å². The van der Waals surface area contributed by atoms with Gasteiger partial charge < -0.3 is 9.88 Å². The van der Waals surface area contributed by atoms with Crippen LogP contribution in [0, 0.1) is 0 Å². The summed E-state index contributed by atoms with van der Waals surface area (Å²) >= 11 is 0. The molecule has 0 saturated carbocycles. The van der Waals surface area contributed by atoms with Gasteiger partial charge in [-0.25, -0.2) is 4.98 Å². The van der Waals surface area contributed by atoms with Gasteiger partial charge in [0.1, 0.15) is 5.82 Å². The van der Waals surface area contributed by atoms with Crippen molar-refractivity contribution in [3.8, 4) is 11.3 Å². The lowest BCUT2D eigenvalue weighted by Gasteiger charge is -2.08. The summed E-state index contributed by atoms with van der Waals surface area (Å²) in [4.78, 5) is 20.3. The Morgan fingerprint density at radius 3 is 2.73 bits per heavy atom. The molecule has 3 heterocycles. The first-order valence-electron chi connectivity index (χ1n) is 8.36. The molecule has 4 rings (SSSR count). The Morgan fingerprint density at radius 2 is 1.96 bits per heavy atom. The summed E-state index contributed by atoms with van der Waals surface area (Å²) in [6.45, 7) is 1.56. The van der Waals surface area contributed by atoms with E-state index in [-0.39, 0.29) is 5.78 Å². The van der Waals surface area contributed by atoms with E-state index < -0.39 is 0 Å². The average molecular weight is 342 g/mol. The van der Waals surface area contributed by atoms with Crippen molar-refractivity contribution in [1.82, 2.24) is 14.5 Å². The summed E-state index contributed by atoms with van der Waals surface area (Å²) in [5, 5.41) is 4.34. The van der Waals surface area contributed by atoms with Gasteiger partial charge in [0.2, 0.25) is 0 Å². The molecular formula is C21H18N4O. The molecule has 26 heavy (non-hydrogen) atoms. The summed E-state index contributed by atoms with van der Waals surface area (Å²) in [5.41, 5.74) is 4.74. The highest BCUT2D eigenvalue weighted by Crippen LogP contribution is 2.28. The van der Waals surface area contributed by atoms with Crippen LogP contribution in [0.3, 0.4) is 0 Å². The lowest BCUT2D eigenvalue weighted by atomic mass is 10.1. The quantitative estimate of drug-likeness (QED) is 0.551. The molecule has 0 amide bonds. The topological polar surface area (TPSA) is 59.8 Å². The Kier molecular flexibility index (Phi) is 3.97. The fourth-order valence-electron chi connectivity index (χ4n) is 3.05. The molecule has 5 heteroatoms. The zero-order valence-electron chi connectivity index (χ0n) is 14.6. The number of Topliss-reactive ketones (excluding diaryl/α,β-unsaturated/α-hetero) is 1. The van der Waals surface area contributed by atoms with Gasteiger partial charge in [0.05, 0.1) is 11.2 Å². The Labute approximate surface area is 151 Å². The van der Waals surface area contributed by atoms with Gasteiger partial charge in [-0.2, -0.15) is 0 Å². The summed E-state index contributed by atoms with van der Waals surface area (Å²) in [7, 11) is 2.03. The Hall–Kier alpha value is -3.47. The van der Waals surface area contributed by atoms with Crippen molar-refractivity contribution in [2.75, 3.05) is 5.32 Å². The molecule has 128 valence electrons. The highest BCUT2D eigenvalue weighted by atomic mass is 16.1. The maximum atomic E-state index is 11.6. The Balaban J connectivity index is 1.71. The van der Waals surface area contributed by atoms with Crippen LogP contribution in [0.2, 0.25) is 0 Å². The van der Waals surface area contributed by atoms with E-state index in [4.69, 9.17) is 0 Å². The minimum absolute atomic E-state index is 0.0422. The fourth-order valence-corrected chi connectivity index (χ4v) is 3.05. The molecule has 4 aromatic rings. The molecule has 0 radical (unpaired) electrons. The van der Waals surface area contributed by atoms with Gasteiger partial charge in [-0.3, -0.25) is 9.78 Å². The van der Waals surface area contributed by atoms with E-state index in [1.165, 1.54) is 0 Å². The van der Waals surface area contributed by atoms with Gasteiger partial charge in [0.15, 0.2) is 5.78 Å². The second kappa shape index (κ2) is 6.44. The van der Waals surface area contributed by atoms with Crippen LogP contribution >= 0.6 is 0 Å². The molecule has 0 bridgehead atoms. The maximum absolute atomic E-state index is 11.6. The number of pyridine rings is 2. The third kappa shape index (κ3) is 2.95. The van der Waals surface area contributed by atoms with Crippen LogP contribution in [0.15, 0.2) is 67.1 Å². The van der Waals surface area contributed by atoms with Crippen molar-refractivity contribution in [3.63, 3.8) is 0 Å². The van der Waals surface area contributed by atoms with Crippen molar-refractivity contribution >= 4 is 28.2 Å². The maximum Gasteiger partial charge on any atom is 0.159 e. The number of ketones is 1. The SMILES string of the molecule is CC(=O)c1cccc(Nc2cc3c(cn2)cc(-c2cccnc2)n3C)c1. The molecule has 0 aliphatic carbocycles. The van der Waals surface area contributed by atoms with Crippen LogP contribution in [0.25, 0.3) is 22.2 Å². The first-order chi connectivity index (χ1) is 12.6. The number of hydrogen-bond acceptors (Lipinski definition) is 4. The second-order valence-corrected chi connectivity index (χ2v) is 6.22. The zero-order chi connectivity index (χ0) is 18.1. The second-order valence-electron chi connectivity index (χ2n) is 6.22. The number of carbonyl (C=O) groups is 1. The van der Waals surface area contributed by atoms with Gasteiger partial charge in [-0.05, 0) is 37.3 Å². The van der Waals surface area contributed by atoms with Gasteiger partial charge in [-0.1, -0.05) is 12.1 Å². The minimum Gasteiger partial charge on any atom is -0.343 e. The Bertz CT molecular complexity index is 1100. The van der Waals surface area contributed by atoms with E-state index in [1.807, 2.05) is 61.9 Å². The van der Waals surface area contributed by atoms with E-state index in [2.05, 4.69) is 25.9 Å². The lowest BCUT2D eigenvalue weighted by molar-refractivity contribution is 0.101. The summed E-state index contributed by atoms with van der Waals surface area (Å²) in [6, 6.07) is 15.5. The number of nitrogens with zero attached hydrogens (tertiary/aromatic N) is 3. The minimum atomic E-state index is 0.0422. The number of aromatic nitrogens is 3. The summed E-state index contributed by atoms with van der Waals surface area (Å²) in [6.07, 6.45) is 5.48. The van der Waals surface area contributed by atoms with Crippen molar-refractivity contribution in [3.05, 3.63) is 72.7 Å². The van der Waals surface area contributed by atoms with E-state index in [0.29, 0.717) is 5.56 Å². The predicted molar refractivity (Wildman–Crippen MR) is 104 cm³/mol.